The molecule has 0 saturated carbocycles. The molecule has 0 aromatic heterocycles. The standard InChI is InChI=1S/C13H16ClN3O2/c1-9(10-4-2-3-5-11(10)14)16-8-12(18)17-7-6-15-13(17)19/h2-5,9,16H,6-8H2,1H3,(H,15,19)/t9-/m0/s1. The van der Waals surface area contributed by atoms with Crippen LogP contribution < -0.4 is 10.6 Å². The molecule has 2 rings (SSSR count). The molecule has 0 radical (unpaired) electrons. The summed E-state index contributed by atoms with van der Waals surface area (Å²) in [6.07, 6.45) is 0. The van der Waals surface area contributed by atoms with E-state index < -0.39 is 0 Å². The quantitative estimate of drug-likeness (QED) is 0.880. The van der Waals surface area contributed by atoms with Crippen molar-refractivity contribution in [2.24, 2.45) is 0 Å². The fraction of sp³-hybridized carbons (Fsp3) is 0.385. The number of urea groups is 1. The van der Waals surface area contributed by atoms with Gasteiger partial charge in [0.25, 0.3) is 0 Å². The molecule has 0 bridgehead atoms. The Morgan fingerprint density at radius 3 is 2.89 bits per heavy atom. The minimum absolute atomic E-state index is 0.0525. The molecule has 1 aromatic carbocycles. The molecule has 3 amide bonds. The van der Waals surface area contributed by atoms with Gasteiger partial charge in [-0.1, -0.05) is 29.8 Å². The molecule has 102 valence electrons. The van der Waals surface area contributed by atoms with Gasteiger partial charge in [-0.05, 0) is 18.6 Å². The van der Waals surface area contributed by atoms with Gasteiger partial charge in [0.1, 0.15) is 0 Å². The van der Waals surface area contributed by atoms with Crippen LogP contribution in [0.3, 0.4) is 0 Å². The fourth-order valence-corrected chi connectivity index (χ4v) is 2.28. The van der Waals surface area contributed by atoms with Crippen molar-refractivity contribution in [2.45, 2.75) is 13.0 Å². The van der Waals surface area contributed by atoms with E-state index in [9.17, 15) is 9.59 Å². The van der Waals surface area contributed by atoms with Crippen LogP contribution in [0.4, 0.5) is 4.79 Å². The van der Waals surface area contributed by atoms with Gasteiger partial charge in [0.05, 0.1) is 6.54 Å². The van der Waals surface area contributed by atoms with Crippen LogP contribution in [-0.4, -0.2) is 36.5 Å². The van der Waals surface area contributed by atoms with Crippen molar-refractivity contribution in [3.05, 3.63) is 34.9 Å². The first kappa shape index (κ1) is 13.8. The van der Waals surface area contributed by atoms with Crippen LogP contribution in [0.15, 0.2) is 24.3 Å². The van der Waals surface area contributed by atoms with Gasteiger partial charge in [0.2, 0.25) is 5.91 Å². The number of carbonyl (C=O) groups is 2. The molecule has 1 aliphatic rings. The van der Waals surface area contributed by atoms with Crippen LogP contribution in [0.5, 0.6) is 0 Å². The Morgan fingerprint density at radius 2 is 2.26 bits per heavy atom. The number of halogens is 1. The lowest BCUT2D eigenvalue weighted by Crippen LogP contribution is -2.40. The smallest absolute Gasteiger partial charge is 0.324 e. The van der Waals surface area contributed by atoms with Crippen LogP contribution >= 0.6 is 11.6 Å². The van der Waals surface area contributed by atoms with Gasteiger partial charge in [0.15, 0.2) is 0 Å². The van der Waals surface area contributed by atoms with Crippen molar-refractivity contribution < 1.29 is 9.59 Å². The zero-order chi connectivity index (χ0) is 13.8. The maximum Gasteiger partial charge on any atom is 0.324 e. The van der Waals surface area contributed by atoms with Crippen molar-refractivity contribution in [2.75, 3.05) is 19.6 Å². The molecule has 0 spiro atoms. The lowest BCUT2D eigenvalue weighted by atomic mass is 10.1. The maximum absolute atomic E-state index is 11.8. The zero-order valence-corrected chi connectivity index (χ0v) is 11.4. The molecule has 19 heavy (non-hydrogen) atoms. The first-order valence-electron chi connectivity index (χ1n) is 6.15. The molecule has 1 saturated heterocycles. The van der Waals surface area contributed by atoms with Crippen molar-refractivity contribution in [1.82, 2.24) is 15.5 Å². The Hall–Kier alpha value is -1.59. The third kappa shape index (κ3) is 3.24. The summed E-state index contributed by atoms with van der Waals surface area (Å²) in [6, 6.07) is 7.10. The maximum atomic E-state index is 11.8. The van der Waals surface area contributed by atoms with E-state index in [-0.39, 0.29) is 24.5 Å². The van der Waals surface area contributed by atoms with Crippen LogP contribution in [-0.2, 0) is 4.79 Å². The summed E-state index contributed by atoms with van der Waals surface area (Å²) < 4.78 is 0. The monoisotopic (exact) mass is 281 g/mol. The largest absolute Gasteiger partial charge is 0.336 e. The lowest BCUT2D eigenvalue weighted by Gasteiger charge is -2.17. The highest BCUT2D eigenvalue weighted by molar-refractivity contribution is 6.31. The van der Waals surface area contributed by atoms with Crippen LogP contribution in [0.2, 0.25) is 5.02 Å². The number of imide groups is 1. The van der Waals surface area contributed by atoms with Gasteiger partial charge >= 0.3 is 6.03 Å². The predicted octanol–water partition coefficient (Wildman–Crippen LogP) is 1.54. The molecule has 5 nitrogen and oxygen atoms in total. The summed E-state index contributed by atoms with van der Waals surface area (Å²) in [5.74, 6) is -0.228. The van der Waals surface area contributed by atoms with E-state index in [1.54, 1.807) is 0 Å². The summed E-state index contributed by atoms with van der Waals surface area (Å²) in [5, 5.41) is 6.34. The van der Waals surface area contributed by atoms with Crippen molar-refractivity contribution in [1.29, 1.82) is 0 Å². The summed E-state index contributed by atoms with van der Waals surface area (Å²) in [6.45, 7) is 2.99. The van der Waals surface area contributed by atoms with Crippen LogP contribution in [0, 0.1) is 0 Å². The average molecular weight is 282 g/mol. The number of hydrogen-bond donors (Lipinski definition) is 2. The number of hydrogen-bond acceptors (Lipinski definition) is 3. The SMILES string of the molecule is C[C@H](NCC(=O)N1CCNC1=O)c1ccccc1Cl. The normalized spacial score (nSPS) is 16.3. The summed E-state index contributed by atoms with van der Waals surface area (Å²) >= 11 is 6.09. The molecule has 1 heterocycles. The molecule has 6 heteroatoms. The van der Waals surface area contributed by atoms with Crippen molar-refractivity contribution in [3.8, 4) is 0 Å². The number of amides is 3. The van der Waals surface area contributed by atoms with E-state index in [1.165, 1.54) is 4.90 Å². The summed E-state index contributed by atoms with van der Waals surface area (Å²) in [5.41, 5.74) is 0.933. The highest BCUT2D eigenvalue weighted by Crippen LogP contribution is 2.21. The van der Waals surface area contributed by atoms with Crippen molar-refractivity contribution >= 4 is 23.5 Å². The minimum Gasteiger partial charge on any atom is -0.336 e. The number of nitrogens with zero attached hydrogens (tertiary/aromatic N) is 1. The Bertz CT molecular complexity index is 493. The zero-order valence-electron chi connectivity index (χ0n) is 10.6. The Kier molecular flexibility index (Phi) is 4.39. The Balaban J connectivity index is 1.90. The lowest BCUT2D eigenvalue weighted by molar-refractivity contribution is -0.126. The molecule has 0 aliphatic carbocycles. The second-order valence-electron chi connectivity index (χ2n) is 4.40. The third-order valence-corrected chi connectivity index (χ3v) is 3.43. The first-order chi connectivity index (χ1) is 9.09. The third-order valence-electron chi connectivity index (χ3n) is 3.09. The first-order valence-corrected chi connectivity index (χ1v) is 6.53. The van der Waals surface area contributed by atoms with Gasteiger partial charge < -0.3 is 10.6 Å². The average Bonchev–Trinajstić information content (AvgIpc) is 2.82. The Labute approximate surface area is 116 Å². The number of rotatable bonds is 4. The van der Waals surface area contributed by atoms with E-state index in [0.29, 0.717) is 18.1 Å². The summed E-state index contributed by atoms with van der Waals surface area (Å²) in [7, 11) is 0. The molecule has 1 aromatic rings. The van der Waals surface area contributed by atoms with Crippen LogP contribution in [0.25, 0.3) is 0 Å². The molecule has 2 N–H and O–H groups in total. The molecular formula is C13H16ClN3O2. The van der Waals surface area contributed by atoms with Crippen molar-refractivity contribution in [3.63, 3.8) is 0 Å². The molecule has 1 aliphatic heterocycles. The Morgan fingerprint density at radius 1 is 1.53 bits per heavy atom. The van der Waals surface area contributed by atoms with E-state index in [2.05, 4.69) is 10.6 Å². The minimum atomic E-state index is -0.322. The highest BCUT2D eigenvalue weighted by atomic mass is 35.5. The molecule has 1 fully saturated rings. The van der Waals surface area contributed by atoms with E-state index >= 15 is 0 Å². The van der Waals surface area contributed by atoms with Gasteiger partial charge in [-0.2, -0.15) is 0 Å². The fourth-order valence-electron chi connectivity index (χ4n) is 1.98. The predicted molar refractivity (Wildman–Crippen MR) is 73.0 cm³/mol. The van der Waals surface area contributed by atoms with E-state index in [4.69, 9.17) is 11.6 Å². The second kappa shape index (κ2) is 6.04. The molecular weight excluding hydrogens is 266 g/mol. The van der Waals surface area contributed by atoms with Gasteiger partial charge in [0, 0.05) is 24.2 Å². The topological polar surface area (TPSA) is 61.4 Å². The van der Waals surface area contributed by atoms with E-state index in [1.807, 2.05) is 31.2 Å². The highest BCUT2D eigenvalue weighted by Gasteiger charge is 2.25. The van der Waals surface area contributed by atoms with Gasteiger partial charge in [-0.3, -0.25) is 9.69 Å². The molecule has 0 unspecified atom stereocenters. The summed E-state index contributed by atoms with van der Waals surface area (Å²) in [4.78, 5) is 24.4. The van der Waals surface area contributed by atoms with Gasteiger partial charge in [-0.15, -0.1) is 0 Å². The number of carbonyl (C=O) groups excluding carboxylic acids is 2. The number of benzene rings is 1. The van der Waals surface area contributed by atoms with Crippen LogP contribution in [0.1, 0.15) is 18.5 Å². The van der Waals surface area contributed by atoms with Gasteiger partial charge in [-0.25, -0.2) is 4.79 Å². The number of nitrogens with one attached hydrogen (secondary N) is 2. The molecule has 1 atom stereocenters. The second-order valence-corrected chi connectivity index (χ2v) is 4.81. The van der Waals surface area contributed by atoms with E-state index in [0.717, 1.165) is 5.56 Å².